The average Bonchev–Trinajstić information content (AvgIpc) is 3.44. The number of likely N-dealkylation sites (tertiary alicyclic amines) is 1. The van der Waals surface area contributed by atoms with Gasteiger partial charge >= 0.3 is 0 Å². The van der Waals surface area contributed by atoms with Crippen LogP contribution in [0.15, 0.2) is 100 Å². The van der Waals surface area contributed by atoms with Crippen LogP contribution >= 0.6 is 12.6 Å². The van der Waals surface area contributed by atoms with Crippen molar-refractivity contribution in [1.29, 1.82) is 0 Å². The molecule has 198 valence electrons. The first-order chi connectivity index (χ1) is 18.7. The molecule has 2 fully saturated rings. The Morgan fingerprint density at radius 1 is 0.921 bits per heavy atom. The minimum atomic E-state index is 0.311. The largest absolute Gasteiger partial charge is 0.339 e. The number of aromatic nitrogens is 2. The number of piperidine rings is 1. The number of thiol groups is 1. The molecule has 1 aliphatic heterocycles. The number of likely N-dealkylation sites (N-methyl/N-ethyl adjacent to an activating group) is 1. The average molecular weight is 527 g/mol. The molecule has 4 aromatic rings. The Bertz CT molecular complexity index is 1240. The van der Waals surface area contributed by atoms with Crippen molar-refractivity contribution in [1.82, 2.24) is 20.4 Å². The summed E-state index contributed by atoms with van der Waals surface area (Å²) in [6, 6.07) is 31.2. The number of hydrogen-bond acceptors (Lipinski definition) is 6. The molecule has 0 spiro atoms. The van der Waals surface area contributed by atoms with E-state index >= 15 is 0 Å². The van der Waals surface area contributed by atoms with E-state index < -0.39 is 0 Å². The Labute approximate surface area is 232 Å². The van der Waals surface area contributed by atoms with Crippen molar-refractivity contribution in [2.45, 2.75) is 41.9 Å². The third-order valence-corrected chi connectivity index (χ3v) is 8.23. The molecular weight excluding hydrogens is 488 g/mol. The van der Waals surface area contributed by atoms with E-state index in [9.17, 15) is 0 Å². The molecule has 3 aromatic carbocycles. The van der Waals surface area contributed by atoms with Crippen LogP contribution in [0.2, 0.25) is 0 Å². The molecule has 1 N–H and O–H groups in total. The highest BCUT2D eigenvalue weighted by Crippen LogP contribution is 2.54. The first-order valence-electron chi connectivity index (χ1n) is 13.7. The fourth-order valence-electron chi connectivity index (χ4n) is 5.76. The van der Waals surface area contributed by atoms with E-state index in [0.717, 1.165) is 61.4 Å². The standard InChI is InChI=1S/C26H32N4O.C6H6S/c1-27-19-26(22-10-6-3-7-11-22)17-23(26)18-30-14-12-21(13-15-30)25-28-24(29-31-25)16-20-8-4-2-5-9-20;7-6-4-2-1-3-5-6/h2-11,21,23,27H,12-19H2,1H3;1-5,7H. The molecule has 1 aromatic heterocycles. The van der Waals surface area contributed by atoms with E-state index in [0.29, 0.717) is 11.3 Å². The summed E-state index contributed by atoms with van der Waals surface area (Å²) in [6.07, 6.45) is 4.22. The summed E-state index contributed by atoms with van der Waals surface area (Å²) >= 11 is 4.08. The number of nitrogens with one attached hydrogen (secondary N) is 1. The Morgan fingerprint density at radius 3 is 2.16 bits per heavy atom. The second-order valence-corrected chi connectivity index (χ2v) is 11.1. The number of nitrogens with zero attached hydrogens (tertiary/aromatic N) is 3. The first kappa shape index (κ1) is 26.7. The third-order valence-electron chi connectivity index (χ3n) is 7.93. The maximum Gasteiger partial charge on any atom is 0.229 e. The summed E-state index contributed by atoms with van der Waals surface area (Å²) in [6.45, 7) is 4.47. The third kappa shape index (κ3) is 6.73. The lowest BCUT2D eigenvalue weighted by Gasteiger charge is -2.31. The Kier molecular flexibility index (Phi) is 8.94. The van der Waals surface area contributed by atoms with Gasteiger partial charge in [-0.15, -0.1) is 12.6 Å². The predicted molar refractivity (Wildman–Crippen MR) is 156 cm³/mol. The van der Waals surface area contributed by atoms with Gasteiger partial charge in [-0.25, -0.2) is 0 Å². The van der Waals surface area contributed by atoms with E-state index in [-0.39, 0.29) is 0 Å². The van der Waals surface area contributed by atoms with Crippen LogP contribution in [0.4, 0.5) is 0 Å². The quantitative estimate of drug-likeness (QED) is 0.276. The van der Waals surface area contributed by atoms with E-state index in [4.69, 9.17) is 9.51 Å². The smallest absolute Gasteiger partial charge is 0.229 e. The summed E-state index contributed by atoms with van der Waals surface area (Å²) in [7, 11) is 2.07. The highest BCUT2D eigenvalue weighted by atomic mass is 32.1. The molecule has 6 rings (SSSR count). The van der Waals surface area contributed by atoms with Gasteiger partial charge < -0.3 is 14.7 Å². The summed E-state index contributed by atoms with van der Waals surface area (Å²) in [4.78, 5) is 8.37. The molecule has 2 unspecified atom stereocenters. The van der Waals surface area contributed by atoms with Crippen molar-refractivity contribution in [3.05, 3.63) is 114 Å². The lowest BCUT2D eigenvalue weighted by atomic mass is 9.92. The van der Waals surface area contributed by atoms with E-state index in [1.165, 1.54) is 24.1 Å². The molecule has 5 nitrogen and oxygen atoms in total. The van der Waals surface area contributed by atoms with Gasteiger partial charge in [0, 0.05) is 35.7 Å². The molecule has 2 heterocycles. The highest BCUT2D eigenvalue weighted by Gasteiger charge is 2.54. The van der Waals surface area contributed by atoms with Gasteiger partial charge in [0.2, 0.25) is 5.89 Å². The van der Waals surface area contributed by atoms with Crippen molar-refractivity contribution in [3.63, 3.8) is 0 Å². The SMILES string of the molecule is CNCC1(c2ccccc2)CC1CN1CCC(c2nc(Cc3ccccc3)no2)CC1.Sc1ccccc1. The normalized spacial score (nSPS) is 21.5. The van der Waals surface area contributed by atoms with Crippen molar-refractivity contribution in [2.24, 2.45) is 5.92 Å². The summed E-state index contributed by atoms with van der Waals surface area (Å²) < 4.78 is 5.64. The van der Waals surface area contributed by atoms with Crippen molar-refractivity contribution >= 4 is 12.6 Å². The van der Waals surface area contributed by atoms with E-state index in [1.807, 2.05) is 36.4 Å². The minimum absolute atomic E-state index is 0.311. The van der Waals surface area contributed by atoms with Gasteiger partial charge in [0.05, 0.1) is 0 Å². The maximum atomic E-state index is 5.64. The zero-order chi connectivity index (χ0) is 26.2. The monoisotopic (exact) mass is 526 g/mol. The van der Waals surface area contributed by atoms with Crippen LogP contribution in [0.5, 0.6) is 0 Å². The molecule has 38 heavy (non-hydrogen) atoms. The molecule has 2 aliphatic rings. The fraction of sp³-hybridized carbons (Fsp3) is 0.375. The molecule has 0 radical (unpaired) electrons. The van der Waals surface area contributed by atoms with Crippen molar-refractivity contribution < 1.29 is 4.52 Å². The van der Waals surface area contributed by atoms with Gasteiger partial charge in [0.15, 0.2) is 5.82 Å². The Morgan fingerprint density at radius 2 is 1.55 bits per heavy atom. The first-order valence-corrected chi connectivity index (χ1v) is 14.1. The van der Waals surface area contributed by atoms with Crippen LogP contribution in [0, 0.1) is 5.92 Å². The molecular formula is C32H38N4OS. The topological polar surface area (TPSA) is 54.2 Å². The number of rotatable bonds is 8. The summed E-state index contributed by atoms with van der Waals surface area (Å²) in [5, 5.41) is 7.67. The Balaban J connectivity index is 0.000000366. The second-order valence-electron chi connectivity index (χ2n) is 10.6. The Hall–Kier alpha value is -2.93. The van der Waals surface area contributed by atoms with Crippen LogP contribution in [0.1, 0.15) is 48.0 Å². The minimum Gasteiger partial charge on any atom is -0.339 e. The van der Waals surface area contributed by atoms with E-state index in [1.54, 1.807) is 0 Å². The molecule has 2 atom stereocenters. The van der Waals surface area contributed by atoms with Crippen LogP contribution in [-0.2, 0) is 11.8 Å². The van der Waals surface area contributed by atoms with Gasteiger partial charge in [-0.1, -0.05) is 84.0 Å². The summed E-state index contributed by atoms with van der Waals surface area (Å²) in [5.41, 5.74) is 3.02. The van der Waals surface area contributed by atoms with E-state index in [2.05, 4.69) is 89.6 Å². The highest BCUT2D eigenvalue weighted by molar-refractivity contribution is 7.80. The lowest BCUT2D eigenvalue weighted by Crippen LogP contribution is -2.36. The van der Waals surface area contributed by atoms with Crippen LogP contribution < -0.4 is 5.32 Å². The second kappa shape index (κ2) is 12.7. The molecule has 1 saturated heterocycles. The van der Waals surface area contributed by atoms with Gasteiger partial charge in [0.1, 0.15) is 0 Å². The number of hydrogen-bond donors (Lipinski definition) is 2. The van der Waals surface area contributed by atoms with Gasteiger partial charge in [-0.05, 0) is 68.6 Å². The zero-order valence-corrected chi connectivity index (χ0v) is 23.1. The van der Waals surface area contributed by atoms with Crippen molar-refractivity contribution in [3.8, 4) is 0 Å². The molecule has 0 amide bonds. The molecule has 6 heteroatoms. The van der Waals surface area contributed by atoms with Gasteiger partial charge in [-0.2, -0.15) is 4.98 Å². The molecule has 1 aliphatic carbocycles. The fourth-order valence-corrected chi connectivity index (χ4v) is 5.94. The number of benzene rings is 3. The van der Waals surface area contributed by atoms with Crippen LogP contribution in [-0.4, -0.2) is 48.3 Å². The predicted octanol–water partition coefficient (Wildman–Crippen LogP) is 5.99. The molecule has 1 saturated carbocycles. The zero-order valence-electron chi connectivity index (χ0n) is 22.2. The summed E-state index contributed by atoms with van der Waals surface area (Å²) in [5.74, 6) is 2.75. The van der Waals surface area contributed by atoms with Crippen molar-refractivity contribution in [2.75, 3.05) is 33.2 Å². The van der Waals surface area contributed by atoms with Gasteiger partial charge in [0.25, 0.3) is 0 Å². The maximum absolute atomic E-state index is 5.64. The molecule has 0 bridgehead atoms. The van der Waals surface area contributed by atoms with Crippen LogP contribution in [0.25, 0.3) is 0 Å². The van der Waals surface area contributed by atoms with Gasteiger partial charge in [-0.3, -0.25) is 0 Å². The lowest BCUT2D eigenvalue weighted by molar-refractivity contribution is 0.184. The van der Waals surface area contributed by atoms with Crippen LogP contribution in [0.3, 0.4) is 0 Å².